The highest BCUT2D eigenvalue weighted by molar-refractivity contribution is 6.42. The van der Waals surface area contributed by atoms with Gasteiger partial charge < -0.3 is 15.0 Å². The molecule has 3 aliphatic heterocycles. The van der Waals surface area contributed by atoms with E-state index in [4.69, 9.17) is 27.9 Å². The Bertz CT molecular complexity index is 493. The maximum absolute atomic E-state index is 12.0. The summed E-state index contributed by atoms with van der Waals surface area (Å²) in [5.74, 6) is 0.574. The van der Waals surface area contributed by atoms with Gasteiger partial charge in [-0.05, 0) is 18.6 Å². The molecule has 0 radical (unpaired) electrons. The third kappa shape index (κ3) is 2.81. The quantitative estimate of drug-likeness (QED) is 0.928. The predicted octanol–water partition coefficient (Wildman–Crippen LogP) is 1.94. The molecule has 0 aliphatic carbocycles. The molecule has 3 fully saturated rings. The van der Waals surface area contributed by atoms with Crippen LogP contribution in [-0.4, -0.2) is 42.6 Å². The van der Waals surface area contributed by atoms with Crippen molar-refractivity contribution >= 4 is 29.1 Å². The first kappa shape index (κ1) is 13.0. The Morgan fingerprint density at radius 3 is 2.63 bits per heavy atom. The number of piperidine rings is 1. The summed E-state index contributed by atoms with van der Waals surface area (Å²) < 4.78 is 5.45. The van der Waals surface area contributed by atoms with E-state index in [1.807, 2.05) is 4.90 Å². The highest BCUT2D eigenvalue weighted by Gasteiger charge is 2.38. The molecule has 3 saturated heterocycles. The van der Waals surface area contributed by atoms with E-state index in [0.717, 1.165) is 13.1 Å². The number of carbonyl (C=O) groups is 1. The molecule has 102 valence electrons. The fourth-order valence-electron chi connectivity index (χ4n) is 2.52. The van der Waals surface area contributed by atoms with Crippen molar-refractivity contribution in [3.8, 4) is 5.75 Å². The summed E-state index contributed by atoms with van der Waals surface area (Å²) in [6, 6.07) is 5.91. The van der Waals surface area contributed by atoms with E-state index in [2.05, 4.69) is 5.32 Å². The van der Waals surface area contributed by atoms with Crippen LogP contribution in [0.5, 0.6) is 5.75 Å². The normalized spacial score (nSPS) is 24.8. The molecule has 3 heterocycles. The second-order valence-electron chi connectivity index (χ2n) is 4.96. The number of nitrogens with one attached hydrogen (secondary N) is 1. The van der Waals surface area contributed by atoms with Crippen molar-refractivity contribution in [2.24, 2.45) is 0 Å². The lowest BCUT2D eigenvalue weighted by atomic mass is 9.91. The van der Waals surface area contributed by atoms with Crippen molar-refractivity contribution in [3.05, 3.63) is 28.2 Å². The zero-order valence-corrected chi connectivity index (χ0v) is 11.7. The first-order valence-electron chi connectivity index (χ1n) is 6.23. The summed E-state index contributed by atoms with van der Waals surface area (Å²) in [5, 5.41) is 4.29. The van der Waals surface area contributed by atoms with Crippen LogP contribution in [0.25, 0.3) is 0 Å². The number of hydrogen-bond acceptors (Lipinski definition) is 3. The standard InChI is InChI=1S/C13H14Cl2N2O2/c14-11-2-1-10(4-12(11)15)19-7-13(18)17-5-8-3-9(6-17)16-8/h1-2,4,8-9,16H,3,5-7H2. The number of benzene rings is 1. The van der Waals surface area contributed by atoms with Crippen molar-refractivity contribution in [2.75, 3.05) is 19.7 Å². The summed E-state index contributed by atoms with van der Waals surface area (Å²) in [6.45, 7) is 1.59. The minimum absolute atomic E-state index is 0.0160. The number of amides is 1. The van der Waals surface area contributed by atoms with Crippen molar-refractivity contribution in [3.63, 3.8) is 0 Å². The molecule has 0 aromatic heterocycles. The summed E-state index contributed by atoms with van der Waals surface area (Å²) >= 11 is 11.7. The van der Waals surface area contributed by atoms with Gasteiger partial charge in [0.05, 0.1) is 10.0 Å². The van der Waals surface area contributed by atoms with Crippen molar-refractivity contribution in [1.29, 1.82) is 0 Å². The van der Waals surface area contributed by atoms with Crippen LogP contribution < -0.4 is 10.1 Å². The first-order valence-corrected chi connectivity index (χ1v) is 6.99. The molecule has 2 atom stereocenters. The minimum atomic E-state index is 0.0160. The Hall–Kier alpha value is -0.970. The van der Waals surface area contributed by atoms with Crippen LogP contribution in [0, 0.1) is 0 Å². The number of nitrogens with zero attached hydrogens (tertiary/aromatic N) is 1. The average molecular weight is 301 g/mol. The molecule has 1 aromatic rings. The van der Waals surface area contributed by atoms with Crippen LogP contribution in [0.3, 0.4) is 0 Å². The average Bonchev–Trinajstić information content (AvgIpc) is 2.39. The molecule has 0 saturated carbocycles. The molecule has 1 amide bonds. The third-order valence-corrected chi connectivity index (χ3v) is 4.27. The molecule has 6 heteroatoms. The monoisotopic (exact) mass is 300 g/mol. The summed E-state index contributed by atoms with van der Waals surface area (Å²) in [6.07, 6.45) is 1.18. The largest absolute Gasteiger partial charge is 0.484 e. The number of carbonyl (C=O) groups excluding carboxylic acids is 1. The number of halogens is 2. The van der Waals surface area contributed by atoms with E-state index in [1.165, 1.54) is 6.42 Å². The summed E-state index contributed by atoms with van der Waals surface area (Å²) in [4.78, 5) is 13.9. The molecule has 4 rings (SSSR count). The molecule has 2 bridgehead atoms. The smallest absolute Gasteiger partial charge is 0.260 e. The first-order chi connectivity index (χ1) is 9.11. The zero-order valence-electron chi connectivity index (χ0n) is 10.2. The van der Waals surface area contributed by atoms with Gasteiger partial charge in [-0.1, -0.05) is 23.2 Å². The highest BCUT2D eigenvalue weighted by Crippen LogP contribution is 2.26. The fourth-order valence-corrected chi connectivity index (χ4v) is 2.81. The number of hydrogen-bond donors (Lipinski definition) is 1. The molecule has 1 aromatic carbocycles. The molecule has 4 nitrogen and oxygen atoms in total. The fraction of sp³-hybridized carbons (Fsp3) is 0.462. The van der Waals surface area contributed by atoms with E-state index in [-0.39, 0.29) is 12.5 Å². The van der Waals surface area contributed by atoms with Gasteiger partial charge in [0.25, 0.3) is 5.91 Å². The van der Waals surface area contributed by atoms with Crippen LogP contribution in [0.4, 0.5) is 0 Å². The van der Waals surface area contributed by atoms with E-state index >= 15 is 0 Å². The van der Waals surface area contributed by atoms with Gasteiger partial charge in [0, 0.05) is 31.2 Å². The van der Waals surface area contributed by atoms with E-state index in [0.29, 0.717) is 27.9 Å². The lowest BCUT2D eigenvalue weighted by Gasteiger charge is -2.48. The van der Waals surface area contributed by atoms with Gasteiger partial charge in [0.2, 0.25) is 0 Å². The Morgan fingerprint density at radius 2 is 2.00 bits per heavy atom. The second-order valence-corrected chi connectivity index (χ2v) is 5.77. The Kier molecular flexibility index (Phi) is 3.56. The molecule has 0 spiro atoms. The maximum Gasteiger partial charge on any atom is 0.260 e. The zero-order chi connectivity index (χ0) is 13.4. The predicted molar refractivity (Wildman–Crippen MR) is 73.9 cm³/mol. The summed E-state index contributed by atoms with van der Waals surface area (Å²) in [5.41, 5.74) is 0. The molecule has 3 aliphatic rings. The molecular weight excluding hydrogens is 287 g/mol. The van der Waals surface area contributed by atoms with Crippen LogP contribution in [0.15, 0.2) is 18.2 Å². The minimum Gasteiger partial charge on any atom is -0.484 e. The van der Waals surface area contributed by atoms with Crippen LogP contribution >= 0.6 is 23.2 Å². The van der Waals surface area contributed by atoms with Gasteiger partial charge in [-0.15, -0.1) is 0 Å². The van der Waals surface area contributed by atoms with Gasteiger partial charge in [0.1, 0.15) is 5.75 Å². The van der Waals surface area contributed by atoms with Crippen molar-refractivity contribution in [1.82, 2.24) is 10.2 Å². The molecular formula is C13H14Cl2N2O2. The number of fused-ring (bicyclic) bond motifs is 2. The lowest BCUT2D eigenvalue weighted by Crippen LogP contribution is -2.68. The van der Waals surface area contributed by atoms with E-state index in [1.54, 1.807) is 18.2 Å². The Morgan fingerprint density at radius 1 is 1.32 bits per heavy atom. The lowest BCUT2D eigenvalue weighted by molar-refractivity contribution is -0.137. The number of piperazine rings is 1. The van der Waals surface area contributed by atoms with Gasteiger partial charge in [-0.25, -0.2) is 0 Å². The van der Waals surface area contributed by atoms with Gasteiger partial charge in [0.15, 0.2) is 6.61 Å². The maximum atomic E-state index is 12.0. The highest BCUT2D eigenvalue weighted by atomic mass is 35.5. The van der Waals surface area contributed by atoms with Crippen molar-refractivity contribution < 1.29 is 9.53 Å². The van der Waals surface area contributed by atoms with E-state index < -0.39 is 0 Å². The van der Waals surface area contributed by atoms with Gasteiger partial charge >= 0.3 is 0 Å². The van der Waals surface area contributed by atoms with Crippen LogP contribution in [-0.2, 0) is 4.79 Å². The summed E-state index contributed by atoms with van der Waals surface area (Å²) in [7, 11) is 0. The van der Waals surface area contributed by atoms with Crippen molar-refractivity contribution in [2.45, 2.75) is 18.5 Å². The molecule has 1 N–H and O–H groups in total. The topological polar surface area (TPSA) is 41.6 Å². The van der Waals surface area contributed by atoms with Gasteiger partial charge in [-0.2, -0.15) is 0 Å². The number of rotatable bonds is 3. The van der Waals surface area contributed by atoms with Crippen LogP contribution in [0.2, 0.25) is 10.0 Å². The third-order valence-electron chi connectivity index (χ3n) is 3.53. The Labute approximate surface area is 121 Å². The molecule has 2 unspecified atom stereocenters. The Balaban J connectivity index is 1.53. The van der Waals surface area contributed by atoms with Crippen LogP contribution in [0.1, 0.15) is 6.42 Å². The SMILES string of the molecule is O=C(COc1ccc(Cl)c(Cl)c1)N1CC2CC(C1)N2. The van der Waals surface area contributed by atoms with Gasteiger partial charge in [-0.3, -0.25) is 4.79 Å². The second kappa shape index (κ2) is 5.19. The molecule has 19 heavy (non-hydrogen) atoms. The number of ether oxygens (including phenoxy) is 1. The van der Waals surface area contributed by atoms with E-state index in [9.17, 15) is 4.79 Å².